The zero-order valence-corrected chi connectivity index (χ0v) is 19.9. The molecule has 0 atom stereocenters. The Morgan fingerprint density at radius 2 is 2.00 bits per heavy atom. The summed E-state index contributed by atoms with van der Waals surface area (Å²) in [4.78, 5) is 48.1. The zero-order valence-electron chi connectivity index (χ0n) is 18.3. The van der Waals surface area contributed by atoms with Crippen molar-refractivity contribution >= 4 is 50.8 Å². The van der Waals surface area contributed by atoms with Crippen molar-refractivity contribution in [1.29, 1.82) is 0 Å². The number of hydrogen-bond acceptors (Lipinski definition) is 6. The van der Waals surface area contributed by atoms with Crippen molar-refractivity contribution in [3.63, 3.8) is 0 Å². The van der Waals surface area contributed by atoms with E-state index in [9.17, 15) is 14.4 Å². The third-order valence-corrected chi connectivity index (χ3v) is 8.30. The zero-order chi connectivity index (χ0) is 22.8. The molecule has 1 saturated heterocycles. The van der Waals surface area contributed by atoms with Crippen LogP contribution in [0.1, 0.15) is 47.5 Å². The number of anilines is 1. The predicted octanol–water partition coefficient (Wildman–Crippen LogP) is 3.54. The van der Waals surface area contributed by atoms with Crippen LogP contribution in [0.25, 0.3) is 10.2 Å². The van der Waals surface area contributed by atoms with Crippen molar-refractivity contribution < 1.29 is 9.59 Å². The smallest absolute Gasteiger partial charge is 0.259 e. The van der Waals surface area contributed by atoms with Crippen LogP contribution in [-0.2, 0) is 34.7 Å². The Kier molecular flexibility index (Phi) is 6.50. The number of aromatic nitrogens is 2. The molecule has 2 amide bonds. The van der Waals surface area contributed by atoms with Crippen LogP contribution in [0.15, 0.2) is 29.1 Å². The molecule has 3 heterocycles. The average molecular weight is 483 g/mol. The number of thiophene rings is 1. The minimum atomic E-state index is -0.0344. The minimum absolute atomic E-state index is 0.00659. The van der Waals surface area contributed by atoms with E-state index in [2.05, 4.69) is 15.3 Å². The fraction of sp³-hybridized carbons (Fsp3) is 0.417. The van der Waals surface area contributed by atoms with Crippen molar-refractivity contribution in [2.24, 2.45) is 0 Å². The van der Waals surface area contributed by atoms with E-state index in [1.165, 1.54) is 10.4 Å². The highest BCUT2D eigenvalue weighted by molar-refractivity contribution is 7.98. The second kappa shape index (κ2) is 9.69. The molecule has 9 heteroatoms. The largest absolute Gasteiger partial charge is 0.352 e. The highest BCUT2D eigenvalue weighted by atomic mass is 32.2. The van der Waals surface area contributed by atoms with Crippen molar-refractivity contribution in [3.8, 4) is 0 Å². The molecule has 2 aromatic heterocycles. The van der Waals surface area contributed by atoms with Crippen molar-refractivity contribution in [2.45, 2.75) is 50.8 Å². The van der Waals surface area contributed by atoms with Gasteiger partial charge in [-0.15, -0.1) is 11.3 Å². The summed E-state index contributed by atoms with van der Waals surface area (Å²) in [5.74, 6) is 2.08. The lowest BCUT2D eigenvalue weighted by molar-refractivity contribution is -0.121. The maximum atomic E-state index is 12.5. The van der Waals surface area contributed by atoms with Crippen molar-refractivity contribution in [1.82, 2.24) is 15.3 Å². The van der Waals surface area contributed by atoms with Gasteiger partial charge >= 0.3 is 0 Å². The van der Waals surface area contributed by atoms with Gasteiger partial charge in [0, 0.05) is 42.2 Å². The molecule has 1 aromatic carbocycles. The summed E-state index contributed by atoms with van der Waals surface area (Å²) in [7, 11) is 0. The standard InChI is InChI=1S/C24H26N4O3S2/c29-20(25-13-15-6-8-16(9-7-15)28-11-2-5-21(28)30)10-12-32-14-19-26-23(31)22-17-3-1-4-18(17)33-24(22)27-19/h6-9H,1-5,10-14H2,(H,25,29)(H,26,27,31). The summed E-state index contributed by atoms with van der Waals surface area (Å²) >= 11 is 3.24. The molecule has 0 unspecified atom stereocenters. The Hall–Kier alpha value is -2.65. The van der Waals surface area contributed by atoms with Gasteiger partial charge in [0.25, 0.3) is 5.56 Å². The first-order valence-electron chi connectivity index (χ1n) is 11.4. The lowest BCUT2D eigenvalue weighted by Gasteiger charge is -2.16. The van der Waals surface area contributed by atoms with E-state index >= 15 is 0 Å². The van der Waals surface area contributed by atoms with Gasteiger partial charge in [-0.2, -0.15) is 11.8 Å². The van der Waals surface area contributed by atoms with E-state index in [1.54, 1.807) is 23.1 Å². The molecule has 2 aliphatic rings. The van der Waals surface area contributed by atoms with Gasteiger partial charge < -0.3 is 15.2 Å². The van der Waals surface area contributed by atoms with E-state index in [4.69, 9.17) is 0 Å². The van der Waals surface area contributed by atoms with E-state index in [0.717, 1.165) is 53.7 Å². The monoisotopic (exact) mass is 482 g/mol. The molecule has 172 valence electrons. The highest BCUT2D eigenvalue weighted by Crippen LogP contribution is 2.34. The summed E-state index contributed by atoms with van der Waals surface area (Å²) in [6.07, 6.45) is 5.09. The number of aromatic amines is 1. The Bertz CT molecular complexity index is 1250. The number of nitrogens with one attached hydrogen (secondary N) is 2. The third-order valence-electron chi connectivity index (χ3n) is 6.15. The molecule has 0 radical (unpaired) electrons. The number of benzene rings is 1. The van der Waals surface area contributed by atoms with E-state index < -0.39 is 0 Å². The summed E-state index contributed by atoms with van der Waals surface area (Å²) in [5, 5.41) is 3.72. The van der Waals surface area contributed by atoms with Crippen LogP contribution in [0.3, 0.4) is 0 Å². The molecule has 0 spiro atoms. The first-order chi connectivity index (χ1) is 16.1. The fourth-order valence-electron chi connectivity index (χ4n) is 4.45. The van der Waals surface area contributed by atoms with Crippen LogP contribution in [0.2, 0.25) is 0 Å². The number of hydrogen-bond donors (Lipinski definition) is 2. The molecule has 1 aliphatic carbocycles. The number of amides is 2. The van der Waals surface area contributed by atoms with Gasteiger partial charge in [-0.25, -0.2) is 4.98 Å². The normalized spacial score (nSPS) is 15.4. The molecule has 0 saturated carbocycles. The first-order valence-corrected chi connectivity index (χ1v) is 13.3. The van der Waals surface area contributed by atoms with Crippen LogP contribution in [0.5, 0.6) is 0 Å². The van der Waals surface area contributed by atoms with Gasteiger partial charge in [0.05, 0.1) is 11.1 Å². The summed E-state index contributed by atoms with van der Waals surface area (Å²) in [6, 6.07) is 7.78. The van der Waals surface area contributed by atoms with E-state index in [1.807, 2.05) is 29.2 Å². The fourth-order valence-corrected chi connectivity index (χ4v) is 6.54. The van der Waals surface area contributed by atoms with Gasteiger partial charge in [-0.05, 0) is 48.9 Å². The predicted molar refractivity (Wildman–Crippen MR) is 133 cm³/mol. The number of carbonyl (C=O) groups is 2. The topological polar surface area (TPSA) is 95.2 Å². The Morgan fingerprint density at radius 3 is 2.79 bits per heavy atom. The quantitative estimate of drug-likeness (QED) is 0.479. The number of nitrogens with zero attached hydrogens (tertiary/aromatic N) is 2. The van der Waals surface area contributed by atoms with Crippen molar-refractivity contribution in [2.75, 3.05) is 17.2 Å². The minimum Gasteiger partial charge on any atom is -0.352 e. The molecule has 7 nitrogen and oxygen atoms in total. The highest BCUT2D eigenvalue weighted by Gasteiger charge is 2.22. The molecule has 5 rings (SSSR count). The first kappa shape index (κ1) is 22.2. The molecule has 1 fully saturated rings. The number of H-pyrrole nitrogens is 1. The van der Waals surface area contributed by atoms with Gasteiger partial charge in [0.2, 0.25) is 11.8 Å². The number of fused-ring (bicyclic) bond motifs is 3. The molecule has 33 heavy (non-hydrogen) atoms. The summed E-state index contributed by atoms with van der Waals surface area (Å²) < 4.78 is 0. The number of carbonyl (C=O) groups excluding carboxylic acids is 2. The Morgan fingerprint density at radius 1 is 1.15 bits per heavy atom. The number of thioether (sulfide) groups is 1. The molecule has 1 aliphatic heterocycles. The number of rotatable bonds is 8. The van der Waals surface area contributed by atoms with Gasteiger partial charge in [0.15, 0.2) is 0 Å². The van der Waals surface area contributed by atoms with Crippen molar-refractivity contribution in [3.05, 3.63) is 56.4 Å². The van der Waals surface area contributed by atoms with Gasteiger partial charge in [-0.1, -0.05) is 12.1 Å². The number of aryl methyl sites for hydroxylation is 2. The van der Waals surface area contributed by atoms with Crippen LogP contribution in [-0.4, -0.2) is 34.1 Å². The molecular formula is C24H26N4O3S2. The lowest BCUT2D eigenvalue weighted by Crippen LogP contribution is -2.24. The SMILES string of the molecule is O=C(CCSCc1nc2sc3c(c2c(=O)[nH]1)CCC3)NCc1ccc(N2CCCC2=O)cc1. The van der Waals surface area contributed by atoms with Gasteiger partial charge in [0.1, 0.15) is 10.7 Å². The maximum Gasteiger partial charge on any atom is 0.259 e. The van der Waals surface area contributed by atoms with E-state index in [-0.39, 0.29) is 17.4 Å². The maximum absolute atomic E-state index is 12.5. The summed E-state index contributed by atoms with van der Waals surface area (Å²) in [6.45, 7) is 1.24. The van der Waals surface area contributed by atoms with Crippen LogP contribution in [0, 0.1) is 0 Å². The van der Waals surface area contributed by atoms with Crippen LogP contribution in [0.4, 0.5) is 5.69 Å². The molecule has 0 bridgehead atoms. The lowest BCUT2D eigenvalue weighted by atomic mass is 10.2. The second-order valence-electron chi connectivity index (χ2n) is 8.44. The van der Waals surface area contributed by atoms with E-state index in [0.29, 0.717) is 36.7 Å². The Labute approximate surface area is 200 Å². The van der Waals surface area contributed by atoms with Gasteiger partial charge in [-0.3, -0.25) is 14.4 Å². The molecular weight excluding hydrogens is 456 g/mol. The Balaban J connectivity index is 1.06. The van der Waals surface area contributed by atoms with Crippen LogP contribution >= 0.6 is 23.1 Å². The average Bonchev–Trinajstić information content (AvgIpc) is 3.51. The molecule has 2 N–H and O–H groups in total. The van der Waals surface area contributed by atoms with Crippen LogP contribution < -0.4 is 15.8 Å². The third kappa shape index (κ3) is 4.84. The second-order valence-corrected chi connectivity index (χ2v) is 10.6. The molecule has 3 aromatic rings. The summed E-state index contributed by atoms with van der Waals surface area (Å²) in [5.41, 5.74) is 3.08.